The Morgan fingerprint density at radius 2 is 1.86 bits per heavy atom. The molecule has 0 atom stereocenters. The zero-order valence-corrected chi connectivity index (χ0v) is 17.5. The summed E-state index contributed by atoms with van der Waals surface area (Å²) in [4.78, 5) is 25.2. The quantitative estimate of drug-likeness (QED) is 0.750. The van der Waals surface area contributed by atoms with Crippen LogP contribution < -0.4 is 15.5 Å². The average molecular weight is 397 g/mol. The second-order valence-electron chi connectivity index (χ2n) is 8.41. The number of rotatable bonds is 7. The van der Waals surface area contributed by atoms with Gasteiger partial charge in [0.1, 0.15) is 5.82 Å². The summed E-state index contributed by atoms with van der Waals surface area (Å²) in [7, 11) is 4.04. The van der Waals surface area contributed by atoms with Gasteiger partial charge in [0.15, 0.2) is 0 Å². The highest BCUT2D eigenvalue weighted by atomic mass is 16.2. The third-order valence-electron chi connectivity index (χ3n) is 6.05. The molecule has 2 heterocycles. The first-order valence-electron chi connectivity index (χ1n) is 10.8. The first kappa shape index (κ1) is 19.9. The van der Waals surface area contributed by atoms with Gasteiger partial charge in [-0.3, -0.25) is 4.79 Å². The summed E-state index contributed by atoms with van der Waals surface area (Å²) in [6.07, 6.45) is 6.23. The predicted octanol–water partition coefficient (Wildman–Crippen LogP) is 2.63. The Balaban J connectivity index is 1.29. The molecule has 1 aromatic heterocycles. The molecule has 1 amide bonds. The van der Waals surface area contributed by atoms with Gasteiger partial charge >= 0.3 is 0 Å². The van der Waals surface area contributed by atoms with Crippen molar-refractivity contribution in [2.75, 3.05) is 43.9 Å². The second kappa shape index (κ2) is 8.95. The van der Waals surface area contributed by atoms with Gasteiger partial charge in [-0.25, -0.2) is 4.98 Å². The molecule has 1 aromatic carbocycles. The van der Waals surface area contributed by atoms with E-state index in [9.17, 15) is 4.79 Å². The number of fused-ring (bicyclic) bond motifs is 1. The van der Waals surface area contributed by atoms with Crippen LogP contribution in [-0.4, -0.2) is 66.6 Å². The number of aromatic nitrogens is 2. The maximum Gasteiger partial charge on any atom is 0.225 e. The first-order chi connectivity index (χ1) is 14.1. The lowest BCUT2D eigenvalue weighted by molar-refractivity contribution is -0.127. The molecule has 1 aliphatic carbocycles. The lowest BCUT2D eigenvalue weighted by Gasteiger charge is -2.30. The fourth-order valence-corrected chi connectivity index (χ4v) is 4.43. The van der Waals surface area contributed by atoms with E-state index in [1.807, 2.05) is 42.1 Å². The van der Waals surface area contributed by atoms with E-state index in [1.54, 1.807) is 0 Å². The number of amides is 1. The molecule has 156 valence electrons. The Kier molecular flexibility index (Phi) is 6.13. The Morgan fingerprint density at radius 1 is 1.10 bits per heavy atom. The maximum atomic E-state index is 11.7. The predicted molar refractivity (Wildman–Crippen MR) is 117 cm³/mol. The topological polar surface area (TPSA) is 73.4 Å². The molecule has 2 aliphatic rings. The number of likely N-dealkylation sites (tertiary alicyclic amines) is 1. The SMILES string of the molecule is CN(C)c1nc(NC2CCC(NCCN3CCCC3=O)CC2)nc2ccccc12. The normalized spacial score (nSPS) is 22.3. The number of hydrogen-bond donors (Lipinski definition) is 2. The second-order valence-corrected chi connectivity index (χ2v) is 8.41. The van der Waals surface area contributed by atoms with E-state index < -0.39 is 0 Å². The molecule has 29 heavy (non-hydrogen) atoms. The van der Waals surface area contributed by atoms with Crippen molar-refractivity contribution in [3.05, 3.63) is 24.3 Å². The molecule has 4 rings (SSSR count). The Bertz CT molecular complexity index is 846. The molecular weight excluding hydrogens is 364 g/mol. The summed E-state index contributed by atoms with van der Waals surface area (Å²) >= 11 is 0. The maximum absolute atomic E-state index is 11.7. The summed E-state index contributed by atoms with van der Waals surface area (Å²) in [6.45, 7) is 2.67. The zero-order valence-electron chi connectivity index (χ0n) is 17.5. The van der Waals surface area contributed by atoms with Crippen molar-refractivity contribution in [2.24, 2.45) is 0 Å². The summed E-state index contributed by atoms with van der Waals surface area (Å²) in [5.74, 6) is 1.98. The summed E-state index contributed by atoms with van der Waals surface area (Å²) in [5.41, 5.74) is 0.973. The summed E-state index contributed by atoms with van der Waals surface area (Å²) < 4.78 is 0. The van der Waals surface area contributed by atoms with Gasteiger partial charge in [-0.05, 0) is 44.2 Å². The first-order valence-corrected chi connectivity index (χ1v) is 10.8. The molecule has 1 aliphatic heterocycles. The van der Waals surface area contributed by atoms with Crippen LogP contribution in [0.2, 0.25) is 0 Å². The van der Waals surface area contributed by atoms with Crippen molar-refractivity contribution in [3.63, 3.8) is 0 Å². The van der Waals surface area contributed by atoms with E-state index in [0.717, 1.165) is 80.8 Å². The standard InChI is InChI=1S/C22H32N6O/c1-27(2)21-18-6-3-4-7-19(18)25-22(26-21)24-17-11-9-16(10-12-17)23-13-15-28-14-5-8-20(28)29/h3-4,6-7,16-17,23H,5,8-15H2,1-2H3,(H,24,25,26). The summed E-state index contributed by atoms with van der Waals surface area (Å²) in [5, 5.41) is 8.28. The largest absolute Gasteiger partial charge is 0.362 e. The van der Waals surface area contributed by atoms with E-state index in [1.165, 1.54) is 0 Å². The minimum absolute atomic E-state index is 0.312. The molecule has 7 nitrogen and oxygen atoms in total. The van der Waals surface area contributed by atoms with Gasteiger partial charge in [0.25, 0.3) is 0 Å². The van der Waals surface area contributed by atoms with Crippen molar-refractivity contribution in [1.29, 1.82) is 0 Å². The van der Waals surface area contributed by atoms with Crippen molar-refractivity contribution >= 4 is 28.6 Å². The molecule has 7 heteroatoms. The number of carbonyl (C=O) groups is 1. The van der Waals surface area contributed by atoms with Gasteiger partial charge in [-0.1, -0.05) is 12.1 Å². The van der Waals surface area contributed by atoms with E-state index in [2.05, 4.69) is 16.7 Å². The summed E-state index contributed by atoms with van der Waals surface area (Å²) in [6, 6.07) is 9.11. The van der Waals surface area contributed by atoms with Crippen molar-refractivity contribution < 1.29 is 4.79 Å². The third kappa shape index (κ3) is 4.78. The molecule has 0 radical (unpaired) electrons. The van der Waals surface area contributed by atoms with Crippen molar-refractivity contribution in [2.45, 2.75) is 50.6 Å². The van der Waals surface area contributed by atoms with Gasteiger partial charge in [-0.2, -0.15) is 4.98 Å². The van der Waals surface area contributed by atoms with Crippen molar-refractivity contribution in [3.8, 4) is 0 Å². The van der Waals surface area contributed by atoms with Gasteiger partial charge in [-0.15, -0.1) is 0 Å². The number of carbonyl (C=O) groups excluding carboxylic acids is 1. The number of benzene rings is 1. The van der Waals surface area contributed by atoms with Gasteiger partial charge in [0.05, 0.1) is 5.52 Å². The van der Waals surface area contributed by atoms with Gasteiger partial charge < -0.3 is 20.4 Å². The Labute approximate surface area is 172 Å². The van der Waals surface area contributed by atoms with Crippen LogP contribution in [-0.2, 0) is 4.79 Å². The highest BCUT2D eigenvalue weighted by Crippen LogP contribution is 2.26. The number of anilines is 2. The van der Waals surface area contributed by atoms with Gasteiger partial charge in [0.2, 0.25) is 11.9 Å². The van der Waals surface area contributed by atoms with Crippen LogP contribution in [0.1, 0.15) is 38.5 Å². The van der Waals surface area contributed by atoms with E-state index in [-0.39, 0.29) is 0 Å². The molecule has 1 saturated heterocycles. The van der Waals surface area contributed by atoms with E-state index in [0.29, 0.717) is 18.0 Å². The average Bonchev–Trinajstić information content (AvgIpc) is 3.13. The molecule has 0 spiro atoms. The highest BCUT2D eigenvalue weighted by molar-refractivity contribution is 5.90. The third-order valence-corrected chi connectivity index (χ3v) is 6.05. The number of nitrogens with one attached hydrogen (secondary N) is 2. The molecule has 2 aromatic rings. The van der Waals surface area contributed by atoms with E-state index in [4.69, 9.17) is 9.97 Å². The number of hydrogen-bond acceptors (Lipinski definition) is 6. The highest BCUT2D eigenvalue weighted by Gasteiger charge is 2.23. The zero-order chi connectivity index (χ0) is 20.2. The lowest BCUT2D eigenvalue weighted by atomic mass is 9.91. The fourth-order valence-electron chi connectivity index (χ4n) is 4.43. The molecule has 0 unspecified atom stereocenters. The fraction of sp³-hybridized carbons (Fsp3) is 0.591. The molecule has 1 saturated carbocycles. The van der Waals surface area contributed by atoms with Crippen LogP contribution >= 0.6 is 0 Å². The number of para-hydroxylation sites is 1. The minimum atomic E-state index is 0.312. The van der Waals surface area contributed by atoms with Crippen LogP contribution in [0, 0.1) is 0 Å². The van der Waals surface area contributed by atoms with Crippen molar-refractivity contribution in [1.82, 2.24) is 20.2 Å². The molecule has 2 fully saturated rings. The molecule has 0 bridgehead atoms. The van der Waals surface area contributed by atoms with Crippen LogP contribution in [0.3, 0.4) is 0 Å². The molecular formula is C22H32N6O. The van der Waals surface area contributed by atoms with E-state index >= 15 is 0 Å². The minimum Gasteiger partial charge on any atom is -0.362 e. The van der Waals surface area contributed by atoms with Crippen LogP contribution in [0.25, 0.3) is 10.9 Å². The Morgan fingerprint density at radius 3 is 2.59 bits per heavy atom. The Hall–Kier alpha value is -2.41. The number of nitrogens with zero attached hydrogens (tertiary/aromatic N) is 4. The lowest BCUT2D eigenvalue weighted by Crippen LogP contribution is -2.41. The smallest absolute Gasteiger partial charge is 0.225 e. The van der Waals surface area contributed by atoms with Crippen LogP contribution in [0.15, 0.2) is 24.3 Å². The van der Waals surface area contributed by atoms with Gasteiger partial charge in [0, 0.05) is 57.6 Å². The monoisotopic (exact) mass is 396 g/mol. The van der Waals surface area contributed by atoms with Crippen LogP contribution in [0.5, 0.6) is 0 Å². The molecule has 2 N–H and O–H groups in total. The van der Waals surface area contributed by atoms with Crippen LogP contribution in [0.4, 0.5) is 11.8 Å².